The SMILES string of the molecule is CCSc1nnc(SCC(=O)N2CCCc3cc(OC)ccc32)s1. The molecule has 1 aliphatic heterocycles. The Balaban J connectivity index is 1.65. The molecule has 5 nitrogen and oxygen atoms in total. The molecule has 1 aromatic heterocycles. The number of benzene rings is 1. The monoisotopic (exact) mass is 381 g/mol. The number of thioether (sulfide) groups is 2. The van der Waals surface area contributed by atoms with E-state index in [0.717, 1.165) is 45.3 Å². The van der Waals surface area contributed by atoms with Gasteiger partial charge in [-0.15, -0.1) is 10.2 Å². The van der Waals surface area contributed by atoms with Crippen LogP contribution in [0.25, 0.3) is 0 Å². The topological polar surface area (TPSA) is 55.3 Å². The van der Waals surface area contributed by atoms with Crippen molar-refractivity contribution in [1.29, 1.82) is 0 Å². The number of carbonyl (C=O) groups excluding carboxylic acids is 1. The summed E-state index contributed by atoms with van der Waals surface area (Å²) < 4.78 is 7.09. The maximum absolute atomic E-state index is 12.6. The number of fused-ring (bicyclic) bond motifs is 1. The highest BCUT2D eigenvalue weighted by Crippen LogP contribution is 2.32. The molecule has 0 radical (unpaired) electrons. The average molecular weight is 382 g/mol. The van der Waals surface area contributed by atoms with Crippen LogP contribution in [0.4, 0.5) is 5.69 Å². The molecule has 2 aromatic rings. The van der Waals surface area contributed by atoms with Crippen LogP contribution in [0, 0.1) is 0 Å². The van der Waals surface area contributed by atoms with Crippen molar-refractivity contribution in [3.05, 3.63) is 23.8 Å². The Kier molecular flexibility index (Phi) is 6.02. The van der Waals surface area contributed by atoms with E-state index >= 15 is 0 Å². The van der Waals surface area contributed by atoms with Crippen LogP contribution < -0.4 is 9.64 Å². The van der Waals surface area contributed by atoms with Crippen molar-refractivity contribution in [1.82, 2.24) is 10.2 Å². The van der Waals surface area contributed by atoms with E-state index in [1.165, 1.54) is 17.3 Å². The zero-order chi connectivity index (χ0) is 16.9. The summed E-state index contributed by atoms with van der Waals surface area (Å²) in [5.74, 6) is 2.32. The Hall–Kier alpha value is -1.25. The lowest BCUT2D eigenvalue weighted by molar-refractivity contribution is -0.116. The molecule has 0 saturated heterocycles. The van der Waals surface area contributed by atoms with Crippen LogP contribution in [0.5, 0.6) is 5.75 Å². The molecule has 1 aromatic carbocycles. The number of nitrogens with zero attached hydrogens (tertiary/aromatic N) is 3. The summed E-state index contributed by atoms with van der Waals surface area (Å²) in [6.45, 7) is 2.86. The first-order chi connectivity index (χ1) is 11.7. The molecule has 0 bridgehead atoms. The summed E-state index contributed by atoms with van der Waals surface area (Å²) in [6.07, 6.45) is 1.96. The lowest BCUT2D eigenvalue weighted by Gasteiger charge is -2.29. The summed E-state index contributed by atoms with van der Waals surface area (Å²) in [4.78, 5) is 14.5. The van der Waals surface area contributed by atoms with Crippen molar-refractivity contribution >= 4 is 46.5 Å². The molecule has 0 fully saturated rings. The number of aryl methyl sites for hydroxylation is 1. The van der Waals surface area contributed by atoms with E-state index in [4.69, 9.17) is 4.74 Å². The van der Waals surface area contributed by atoms with Crippen molar-refractivity contribution < 1.29 is 9.53 Å². The first-order valence-corrected chi connectivity index (χ1v) is 10.6. The second-order valence-corrected chi connectivity index (χ2v) is 8.91. The zero-order valence-corrected chi connectivity index (χ0v) is 16.1. The van der Waals surface area contributed by atoms with Gasteiger partial charge in [0.2, 0.25) is 5.91 Å². The molecule has 0 aliphatic carbocycles. The molecule has 0 unspecified atom stereocenters. The highest BCUT2D eigenvalue weighted by molar-refractivity contribution is 8.03. The molecule has 1 amide bonds. The third kappa shape index (κ3) is 4.04. The van der Waals surface area contributed by atoms with Crippen LogP contribution in [0.2, 0.25) is 0 Å². The van der Waals surface area contributed by atoms with Crippen molar-refractivity contribution in [3.63, 3.8) is 0 Å². The minimum atomic E-state index is 0.117. The maximum atomic E-state index is 12.6. The number of anilines is 1. The van der Waals surface area contributed by atoms with Gasteiger partial charge >= 0.3 is 0 Å². The standard InChI is InChI=1S/C16H19N3O2S3/c1-3-22-15-17-18-16(24-15)23-10-14(20)19-8-4-5-11-9-12(21-2)6-7-13(11)19/h6-7,9H,3-5,8,10H2,1-2H3. The summed E-state index contributed by atoms with van der Waals surface area (Å²) in [6, 6.07) is 5.92. The predicted octanol–water partition coefficient (Wildman–Crippen LogP) is 3.73. The van der Waals surface area contributed by atoms with Crippen LogP contribution in [0.15, 0.2) is 26.9 Å². The fraction of sp³-hybridized carbons (Fsp3) is 0.438. The number of carbonyl (C=O) groups is 1. The van der Waals surface area contributed by atoms with Gasteiger partial charge in [0.05, 0.1) is 12.9 Å². The first kappa shape index (κ1) is 17.6. The Bertz CT molecular complexity index is 720. The molecule has 0 atom stereocenters. The van der Waals surface area contributed by atoms with Gasteiger partial charge in [0.25, 0.3) is 0 Å². The summed E-state index contributed by atoms with van der Waals surface area (Å²) >= 11 is 4.70. The van der Waals surface area contributed by atoms with Gasteiger partial charge in [-0.25, -0.2) is 0 Å². The quantitative estimate of drug-likeness (QED) is 0.711. The summed E-state index contributed by atoms with van der Waals surface area (Å²) in [5.41, 5.74) is 2.18. The molecule has 1 aliphatic rings. The Labute approximate surface area is 154 Å². The fourth-order valence-corrected chi connectivity index (χ4v) is 5.39. The number of ether oxygens (including phenoxy) is 1. The molecule has 0 N–H and O–H groups in total. The minimum Gasteiger partial charge on any atom is -0.497 e. The Morgan fingerprint density at radius 3 is 2.88 bits per heavy atom. The lowest BCUT2D eigenvalue weighted by Crippen LogP contribution is -2.36. The van der Waals surface area contributed by atoms with Crippen molar-refractivity contribution in [2.45, 2.75) is 28.4 Å². The number of amides is 1. The molecule has 24 heavy (non-hydrogen) atoms. The molecule has 2 heterocycles. The molecule has 0 saturated carbocycles. The van der Waals surface area contributed by atoms with Crippen molar-refractivity contribution in [2.75, 3.05) is 30.1 Å². The van der Waals surface area contributed by atoms with Crippen LogP contribution >= 0.6 is 34.9 Å². The van der Waals surface area contributed by atoms with Gasteiger partial charge in [-0.1, -0.05) is 41.8 Å². The number of hydrogen-bond acceptors (Lipinski definition) is 7. The second-order valence-electron chi connectivity index (χ2n) is 5.20. The summed E-state index contributed by atoms with van der Waals surface area (Å²) in [7, 11) is 1.66. The second kappa shape index (κ2) is 8.22. The van der Waals surface area contributed by atoms with Gasteiger partial charge in [0.1, 0.15) is 5.75 Å². The number of rotatable bonds is 6. The third-order valence-corrected chi connectivity index (χ3v) is 6.74. The van der Waals surface area contributed by atoms with E-state index in [1.54, 1.807) is 30.2 Å². The summed E-state index contributed by atoms with van der Waals surface area (Å²) in [5, 5.41) is 8.27. The third-order valence-electron chi connectivity index (χ3n) is 3.68. The molecule has 128 valence electrons. The Morgan fingerprint density at radius 2 is 2.12 bits per heavy atom. The van der Waals surface area contributed by atoms with E-state index in [-0.39, 0.29) is 5.91 Å². The number of hydrogen-bond donors (Lipinski definition) is 0. The lowest BCUT2D eigenvalue weighted by atomic mass is 10.0. The van der Waals surface area contributed by atoms with Gasteiger partial charge in [-0.05, 0) is 42.4 Å². The first-order valence-electron chi connectivity index (χ1n) is 7.77. The van der Waals surface area contributed by atoms with Gasteiger partial charge in [0, 0.05) is 12.2 Å². The van der Waals surface area contributed by atoms with Gasteiger partial charge < -0.3 is 9.64 Å². The van der Waals surface area contributed by atoms with Crippen LogP contribution in [-0.2, 0) is 11.2 Å². The Morgan fingerprint density at radius 1 is 1.33 bits per heavy atom. The molecule has 8 heteroatoms. The molecule has 0 spiro atoms. The fourth-order valence-electron chi connectivity index (χ4n) is 2.60. The predicted molar refractivity (Wildman–Crippen MR) is 101 cm³/mol. The van der Waals surface area contributed by atoms with Crippen molar-refractivity contribution in [2.24, 2.45) is 0 Å². The minimum absolute atomic E-state index is 0.117. The molecular weight excluding hydrogens is 362 g/mol. The van der Waals surface area contributed by atoms with Crippen LogP contribution in [-0.4, -0.2) is 41.3 Å². The van der Waals surface area contributed by atoms with E-state index < -0.39 is 0 Å². The highest BCUT2D eigenvalue weighted by Gasteiger charge is 2.23. The van der Waals surface area contributed by atoms with Gasteiger partial charge in [0.15, 0.2) is 8.68 Å². The molecular formula is C16H19N3O2S3. The smallest absolute Gasteiger partial charge is 0.237 e. The molecule has 3 rings (SSSR count). The van der Waals surface area contributed by atoms with E-state index in [2.05, 4.69) is 17.1 Å². The largest absolute Gasteiger partial charge is 0.497 e. The average Bonchev–Trinajstić information content (AvgIpc) is 3.06. The van der Waals surface area contributed by atoms with E-state index in [0.29, 0.717) is 5.75 Å². The van der Waals surface area contributed by atoms with Gasteiger partial charge in [-0.3, -0.25) is 4.79 Å². The normalized spacial score (nSPS) is 13.7. The maximum Gasteiger partial charge on any atom is 0.237 e. The number of methoxy groups -OCH3 is 1. The van der Waals surface area contributed by atoms with E-state index in [9.17, 15) is 4.79 Å². The zero-order valence-electron chi connectivity index (χ0n) is 13.7. The van der Waals surface area contributed by atoms with Crippen LogP contribution in [0.1, 0.15) is 18.9 Å². The highest BCUT2D eigenvalue weighted by atomic mass is 32.2. The van der Waals surface area contributed by atoms with Gasteiger partial charge in [-0.2, -0.15) is 0 Å². The van der Waals surface area contributed by atoms with Crippen LogP contribution in [0.3, 0.4) is 0 Å². The number of aromatic nitrogens is 2. The van der Waals surface area contributed by atoms with Crippen molar-refractivity contribution in [3.8, 4) is 5.75 Å². The van der Waals surface area contributed by atoms with E-state index in [1.807, 2.05) is 23.1 Å².